The summed E-state index contributed by atoms with van der Waals surface area (Å²) in [5, 5.41) is 12.5. The Kier molecular flexibility index (Phi) is 7.90. The Bertz CT molecular complexity index is 907. The van der Waals surface area contributed by atoms with E-state index in [1.165, 1.54) is 19.2 Å². The average molecular weight is 442 g/mol. The lowest BCUT2D eigenvalue weighted by molar-refractivity contribution is -0.145. The number of methoxy groups -OCH3 is 1. The molecule has 0 spiro atoms. The summed E-state index contributed by atoms with van der Waals surface area (Å²) in [7, 11) is 3.43. The van der Waals surface area contributed by atoms with Gasteiger partial charge in [0, 0.05) is 17.2 Å². The molecule has 1 N–H and O–H groups in total. The number of carboxylic acid groups (broad SMARTS) is 1. The Morgan fingerprint density at radius 1 is 1.43 bits per heavy atom. The molecule has 30 heavy (non-hydrogen) atoms. The van der Waals surface area contributed by atoms with E-state index < -0.39 is 11.8 Å². The zero-order valence-corrected chi connectivity index (χ0v) is 17.9. The van der Waals surface area contributed by atoms with E-state index in [0.717, 1.165) is 29.7 Å². The average Bonchev–Trinajstić information content (AvgIpc) is 3.14. The van der Waals surface area contributed by atoms with Crippen LogP contribution in [-0.4, -0.2) is 62.7 Å². The van der Waals surface area contributed by atoms with E-state index in [9.17, 15) is 17.9 Å². The normalized spacial score (nSPS) is 18.3. The van der Waals surface area contributed by atoms with Crippen LogP contribution in [-0.2, 0) is 4.79 Å². The second kappa shape index (κ2) is 9.98. The SMILES string of the molecule is CN1CCC(C(=O)O)CC1(C)C.COc1cc(-c2cc(C=O)nn2SF)c(F)cn1. The predicted molar refractivity (Wildman–Crippen MR) is 109 cm³/mol. The molecular weight excluding hydrogens is 418 g/mol. The van der Waals surface area contributed by atoms with Crippen LogP contribution in [0.1, 0.15) is 37.2 Å². The van der Waals surface area contributed by atoms with Crippen molar-refractivity contribution in [3.8, 4) is 17.1 Å². The van der Waals surface area contributed by atoms with E-state index in [1.807, 2.05) is 0 Å². The van der Waals surface area contributed by atoms with Crippen molar-refractivity contribution < 1.29 is 27.7 Å². The molecule has 0 saturated carbocycles. The number of carbonyl (C=O) groups excluding carboxylic acids is 1. The molecule has 11 heteroatoms. The van der Waals surface area contributed by atoms with Crippen molar-refractivity contribution in [3.05, 3.63) is 29.8 Å². The molecule has 1 saturated heterocycles. The van der Waals surface area contributed by atoms with E-state index >= 15 is 0 Å². The van der Waals surface area contributed by atoms with Crippen molar-refractivity contribution in [1.82, 2.24) is 19.1 Å². The molecule has 2 aromatic heterocycles. The number of aldehydes is 1. The first-order chi connectivity index (χ1) is 14.1. The number of pyridine rings is 1. The number of carboxylic acids is 1. The molecular formula is C19H24F2N4O4S. The highest BCUT2D eigenvalue weighted by molar-refractivity contribution is 7.92. The van der Waals surface area contributed by atoms with Crippen LogP contribution in [0.15, 0.2) is 18.3 Å². The number of nitrogens with zero attached hydrogens (tertiary/aromatic N) is 4. The van der Waals surface area contributed by atoms with Gasteiger partial charge in [0.2, 0.25) is 5.88 Å². The van der Waals surface area contributed by atoms with Gasteiger partial charge in [-0.3, -0.25) is 9.59 Å². The summed E-state index contributed by atoms with van der Waals surface area (Å²) in [6, 6.07) is 2.57. The molecule has 0 amide bonds. The highest BCUT2D eigenvalue weighted by Crippen LogP contribution is 2.30. The second-order valence-electron chi connectivity index (χ2n) is 7.48. The van der Waals surface area contributed by atoms with Gasteiger partial charge in [-0.25, -0.2) is 9.37 Å². The Morgan fingerprint density at radius 3 is 2.67 bits per heavy atom. The molecule has 8 nitrogen and oxygen atoms in total. The standard InChI is InChI=1S/C10H7F2N3O2S.C9H17NO2/c1-17-10-3-7(8(11)4-13-10)9-2-6(5-16)14-15(9)18-12;1-9(2)6-7(8(11)12)4-5-10(9)3/h2-5H,1H3;7H,4-6H2,1-3H3,(H,11,12). The zero-order valence-electron chi connectivity index (χ0n) is 17.1. The lowest BCUT2D eigenvalue weighted by Crippen LogP contribution is -2.48. The number of halogens is 2. The van der Waals surface area contributed by atoms with Crippen molar-refractivity contribution in [3.63, 3.8) is 0 Å². The molecule has 2 aromatic rings. The number of rotatable bonds is 5. The molecule has 1 aliphatic heterocycles. The minimum Gasteiger partial charge on any atom is -0.481 e. The first-order valence-electron chi connectivity index (χ1n) is 9.11. The molecule has 1 fully saturated rings. The minimum absolute atomic E-state index is 0.00493. The van der Waals surface area contributed by atoms with Crippen LogP contribution in [0.25, 0.3) is 11.3 Å². The maximum atomic E-state index is 13.6. The number of aromatic nitrogens is 3. The lowest BCUT2D eigenvalue weighted by Gasteiger charge is -2.42. The summed E-state index contributed by atoms with van der Waals surface area (Å²) in [6.45, 7) is 5.09. The fourth-order valence-corrected chi connectivity index (χ4v) is 3.48. The van der Waals surface area contributed by atoms with Gasteiger partial charge in [-0.2, -0.15) is 9.19 Å². The summed E-state index contributed by atoms with van der Waals surface area (Å²) in [4.78, 5) is 27.2. The smallest absolute Gasteiger partial charge is 0.306 e. The van der Waals surface area contributed by atoms with Crippen molar-refractivity contribution in [2.45, 2.75) is 32.2 Å². The number of hydrogen-bond donors (Lipinski definition) is 1. The largest absolute Gasteiger partial charge is 0.481 e. The topological polar surface area (TPSA) is 97.5 Å². The number of likely N-dealkylation sites (tertiary alicyclic amines) is 1. The van der Waals surface area contributed by atoms with Gasteiger partial charge in [0.25, 0.3) is 0 Å². The molecule has 0 bridgehead atoms. The van der Waals surface area contributed by atoms with E-state index in [1.54, 1.807) is 0 Å². The third-order valence-corrected chi connectivity index (χ3v) is 5.55. The fraction of sp³-hybridized carbons (Fsp3) is 0.474. The molecule has 3 heterocycles. The van der Waals surface area contributed by atoms with Crippen LogP contribution in [0.5, 0.6) is 5.88 Å². The molecule has 0 aromatic carbocycles. The summed E-state index contributed by atoms with van der Waals surface area (Å²) in [5.41, 5.74) is 0.210. The van der Waals surface area contributed by atoms with E-state index in [4.69, 9.17) is 9.84 Å². The van der Waals surface area contributed by atoms with E-state index in [-0.39, 0.29) is 46.6 Å². The molecule has 3 rings (SSSR count). The van der Waals surface area contributed by atoms with Crippen LogP contribution in [0.3, 0.4) is 0 Å². The predicted octanol–water partition coefficient (Wildman–Crippen LogP) is 3.48. The molecule has 1 unspecified atom stereocenters. The quantitative estimate of drug-likeness (QED) is 0.703. The van der Waals surface area contributed by atoms with Crippen molar-refractivity contribution in [2.24, 2.45) is 5.92 Å². The molecule has 1 atom stereocenters. The number of hydrogen-bond acceptors (Lipinski definition) is 7. The van der Waals surface area contributed by atoms with Crippen LogP contribution in [0.4, 0.5) is 8.28 Å². The maximum absolute atomic E-state index is 13.6. The Balaban J connectivity index is 0.000000232. The van der Waals surface area contributed by atoms with Crippen LogP contribution >= 0.6 is 12.3 Å². The van der Waals surface area contributed by atoms with Gasteiger partial charge in [-0.15, -0.1) is 3.89 Å². The van der Waals surface area contributed by atoms with Crippen LogP contribution in [0, 0.1) is 11.7 Å². The Hall–Kier alpha value is -2.53. The summed E-state index contributed by atoms with van der Waals surface area (Å²) in [5.74, 6) is -1.27. The van der Waals surface area contributed by atoms with E-state index in [2.05, 4.69) is 35.9 Å². The van der Waals surface area contributed by atoms with Crippen molar-refractivity contribution in [1.29, 1.82) is 0 Å². The van der Waals surface area contributed by atoms with Gasteiger partial charge in [0.15, 0.2) is 24.4 Å². The summed E-state index contributed by atoms with van der Waals surface area (Å²) >= 11 is -0.233. The third-order valence-electron chi connectivity index (χ3n) is 5.14. The van der Waals surface area contributed by atoms with Crippen molar-refractivity contribution >= 4 is 24.6 Å². The maximum Gasteiger partial charge on any atom is 0.306 e. The van der Waals surface area contributed by atoms with Crippen molar-refractivity contribution in [2.75, 3.05) is 20.7 Å². The summed E-state index contributed by atoms with van der Waals surface area (Å²) < 4.78 is 32.0. The number of carbonyl (C=O) groups is 2. The molecule has 1 aliphatic rings. The van der Waals surface area contributed by atoms with E-state index in [0.29, 0.717) is 6.29 Å². The second-order valence-corrected chi connectivity index (χ2v) is 7.97. The Morgan fingerprint density at radius 2 is 2.13 bits per heavy atom. The van der Waals surface area contributed by atoms with Gasteiger partial charge in [0.1, 0.15) is 5.69 Å². The van der Waals surface area contributed by atoms with Gasteiger partial charge >= 0.3 is 5.97 Å². The number of piperidine rings is 1. The minimum atomic E-state index is -0.663. The highest BCUT2D eigenvalue weighted by Gasteiger charge is 2.35. The van der Waals surface area contributed by atoms with Gasteiger partial charge in [0.05, 0.1) is 24.9 Å². The summed E-state index contributed by atoms with van der Waals surface area (Å²) in [6.07, 6.45) is 2.95. The highest BCUT2D eigenvalue weighted by atomic mass is 32.2. The van der Waals surface area contributed by atoms with Crippen LogP contribution < -0.4 is 4.74 Å². The lowest BCUT2D eigenvalue weighted by atomic mass is 9.83. The molecule has 164 valence electrons. The fourth-order valence-electron chi connectivity index (χ4n) is 3.13. The molecule has 0 radical (unpaired) electrons. The Labute approximate surface area is 177 Å². The van der Waals surface area contributed by atoms with Gasteiger partial charge < -0.3 is 14.7 Å². The van der Waals surface area contributed by atoms with Gasteiger partial charge in [-0.05, 0) is 46.3 Å². The number of ether oxygens (including phenoxy) is 1. The monoisotopic (exact) mass is 442 g/mol. The van der Waals surface area contributed by atoms with Gasteiger partial charge in [-0.1, -0.05) is 0 Å². The third kappa shape index (κ3) is 5.54. The van der Waals surface area contributed by atoms with Crippen LogP contribution in [0.2, 0.25) is 0 Å². The number of aliphatic carboxylic acids is 1. The zero-order chi connectivity index (χ0) is 22.5. The first kappa shape index (κ1) is 23.7. The first-order valence-corrected chi connectivity index (χ1v) is 9.78. The molecule has 0 aliphatic carbocycles.